The summed E-state index contributed by atoms with van der Waals surface area (Å²) in [5.41, 5.74) is 35.6. The number of hydrogen-bond donors (Lipinski definition) is 19. The Labute approximate surface area is 667 Å². The molecule has 1 fully saturated rings. The van der Waals surface area contributed by atoms with Crippen LogP contribution < -0.4 is 92.9 Å². The van der Waals surface area contributed by atoms with E-state index in [4.69, 9.17) is 43.9 Å². The van der Waals surface area contributed by atoms with Crippen LogP contribution in [0.3, 0.4) is 0 Å². The van der Waals surface area contributed by atoms with E-state index in [2.05, 4.69) is 80.4 Å². The molecular formula is C78H126N20O16. The third-order valence-electron chi connectivity index (χ3n) is 19.0. The summed E-state index contributed by atoms with van der Waals surface area (Å²) in [5.74, 6) is -11.9. The molecule has 0 unspecified atom stereocenters. The van der Waals surface area contributed by atoms with E-state index < -0.39 is 158 Å². The third kappa shape index (κ3) is 39.8. The van der Waals surface area contributed by atoms with Gasteiger partial charge in [0.05, 0.1) is 32.8 Å². The number of primary amides is 2. The number of aliphatic hydroxyl groups excluding tert-OH is 1. The Morgan fingerprint density at radius 3 is 1.75 bits per heavy atom. The first-order valence-corrected chi connectivity index (χ1v) is 40.1. The SMILES string of the molecule is CCCCCCCCCCCCCCCC(=O)NCCOCCOCC(=O)N[C@@H](CCCN=C(N)N)C(=O)N[C@@H](CO)C(=O)N[C@@H](CCCC)C(=O)N[C@H]1CCC(=O)NCCCC[C@@H](C(N)=O)NC(=O)[C@H](Cc2c[nH]c3ccccc23)NC(=O)[C@H](CCCN=C(N)N)NC(=O)[C@@H](Cc2ccccc2)NC(=O)[C@H](CC(N)=O)NC1=O. The first-order chi connectivity index (χ1) is 54.8. The number of nitrogens with two attached hydrogens (primary N) is 6. The van der Waals surface area contributed by atoms with Crippen LogP contribution in [0.5, 0.6) is 0 Å². The lowest BCUT2D eigenvalue weighted by Crippen LogP contribution is -2.61. The molecule has 4 rings (SSSR count). The van der Waals surface area contributed by atoms with Gasteiger partial charge in [-0.25, -0.2) is 0 Å². The molecule has 36 nitrogen and oxygen atoms in total. The number of carbonyl (C=O) groups is 13. The minimum Gasteiger partial charge on any atom is -0.394 e. The standard InChI is InChI=1S/C78H126N20O16/c1-3-5-7-8-9-10-11-12-13-14-15-16-20-35-65(101)86-41-42-113-43-44-114-50-67(103)90-56(33-25-39-87-77(81)82)69(105)98-63(49-99)76(112)93-57(30-6-4-2)70(106)94-59-36-37-66(102)85-38-24-23-32-55(68(80)104)91-74(110)61(46-52-48-89-54-31-22-21-29-53(52)54)96-71(107)58(34-26-40-88-78(83)84)92-73(109)60(45-51-27-18-17-19-28-51)95-75(111)62(47-64(79)100)97-72(59)108/h17-19,21-22,27-29,31,48,55-63,89,99H,3-16,20,23-26,30,32-47,49-50H2,1-2H3,(H2,79,100)(H2,80,104)(H,85,102)(H,86,101)(H,90,103)(H,91,110)(H,92,109)(H,93,112)(H,94,106)(H,95,111)(H,96,107)(H,97,108)(H,98,105)(H4,81,82,87)(H4,83,84,88)/t55-,56-,57-,58-,59-,60+,61-,62-,63-/m0/s1. The Morgan fingerprint density at radius 2 is 1.10 bits per heavy atom. The molecule has 3 aromatic rings. The summed E-state index contributed by atoms with van der Waals surface area (Å²) >= 11 is 0. The normalized spacial score (nSPS) is 18.4. The van der Waals surface area contributed by atoms with Crippen molar-refractivity contribution in [2.24, 2.45) is 44.4 Å². The molecule has 9 atom stereocenters. The smallest absolute Gasteiger partial charge is 0.246 e. The molecule has 634 valence electrons. The number of amides is 13. The van der Waals surface area contributed by atoms with Gasteiger partial charge in [0.2, 0.25) is 76.8 Å². The number of nitrogens with one attached hydrogen (secondary N) is 12. The second-order valence-electron chi connectivity index (χ2n) is 28.6. The average Bonchev–Trinajstić information content (AvgIpc) is 1.78. The molecule has 2 heterocycles. The van der Waals surface area contributed by atoms with Crippen molar-refractivity contribution >= 4 is 99.6 Å². The lowest BCUT2D eigenvalue weighted by Gasteiger charge is -2.28. The van der Waals surface area contributed by atoms with E-state index in [0.717, 1.165) is 30.2 Å². The van der Waals surface area contributed by atoms with E-state index in [1.54, 1.807) is 55.6 Å². The fraction of sp³-hybridized carbons (Fsp3) is 0.628. The highest BCUT2D eigenvalue weighted by Gasteiger charge is 2.37. The van der Waals surface area contributed by atoms with Crippen molar-refractivity contribution in [2.75, 3.05) is 59.2 Å². The molecule has 0 saturated carbocycles. The molecule has 1 aromatic heterocycles. The van der Waals surface area contributed by atoms with Crippen molar-refractivity contribution in [3.8, 4) is 0 Å². The van der Waals surface area contributed by atoms with Crippen LogP contribution in [0, 0.1) is 0 Å². The maximum atomic E-state index is 14.9. The number of benzene rings is 2. The van der Waals surface area contributed by atoms with Crippen LogP contribution in [-0.2, 0) is 84.6 Å². The van der Waals surface area contributed by atoms with E-state index in [0.29, 0.717) is 24.0 Å². The van der Waals surface area contributed by atoms with Gasteiger partial charge in [-0.3, -0.25) is 72.3 Å². The molecule has 1 aliphatic heterocycles. The fourth-order valence-electron chi connectivity index (χ4n) is 12.7. The Kier molecular flexibility index (Phi) is 47.0. The average molecular weight is 1600 g/mol. The Bertz CT molecular complexity index is 3560. The zero-order valence-corrected chi connectivity index (χ0v) is 66.3. The number of aliphatic hydroxyl groups is 1. The van der Waals surface area contributed by atoms with Crippen LogP contribution in [0.4, 0.5) is 0 Å². The quantitative estimate of drug-likeness (QED) is 0.0196. The number of para-hydroxylation sites is 1. The number of ether oxygens (including phenoxy) is 2. The molecule has 36 heteroatoms. The first-order valence-electron chi connectivity index (χ1n) is 40.1. The highest BCUT2D eigenvalue weighted by Crippen LogP contribution is 2.21. The number of unbranched alkanes of at least 4 members (excludes halogenated alkanes) is 13. The summed E-state index contributed by atoms with van der Waals surface area (Å²) in [6, 6.07) is 1.52. The second-order valence-corrected chi connectivity index (χ2v) is 28.6. The predicted octanol–water partition coefficient (Wildman–Crippen LogP) is -0.322. The van der Waals surface area contributed by atoms with Gasteiger partial charge >= 0.3 is 0 Å². The highest BCUT2D eigenvalue weighted by molar-refractivity contribution is 6.00. The number of hydrogen-bond acceptors (Lipinski definition) is 18. The number of guanidine groups is 2. The van der Waals surface area contributed by atoms with Gasteiger partial charge in [0, 0.05) is 69.0 Å². The van der Waals surface area contributed by atoms with Crippen LogP contribution in [0.1, 0.15) is 198 Å². The third-order valence-corrected chi connectivity index (χ3v) is 19.0. The molecular weight excluding hydrogens is 1470 g/mol. The molecule has 1 saturated heterocycles. The van der Waals surface area contributed by atoms with E-state index in [-0.39, 0.29) is 134 Å². The Hall–Kier alpha value is -10.5. The Morgan fingerprint density at radius 1 is 0.544 bits per heavy atom. The molecule has 0 radical (unpaired) electrons. The van der Waals surface area contributed by atoms with Gasteiger partial charge < -0.3 is 112 Å². The van der Waals surface area contributed by atoms with Crippen molar-refractivity contribution < 1.29 is 76.9 Å². The van der Waals surface area contributed by atoms with Gasteiger partial charge in [-0.2, -0.15) is 0 Å². The fourth-order valence-corrected chi connectivity index (χ4v) is 12.7. The number of carbonyl (C=O) groups excluding carboxylic acids is 13. The van der Waals surface area contributed by atoms with Gasteiger partial charge in [-0.1, -0.05) is 152 Å². The number of H-pyrrole nitrogens is 1. The topological polar surface area (TPSA) is 590 Å². The van der Waals surface area contributed by atoms with Crippen molar-refractivity contribution in [1.82, 2.24) is 63.5 Å². The molecule has 0 bridgehead atoms. The van der Waals surface area contributed by atoms with E-state index in [9.17, 15) is 67.4 Å². The molecule has 13 amide bonds. The summed E-state index contributed by atoms with van der Waals surface area (Å²) in [4.78, 5) is 193. The molecule has 114 heavy (non-hydrogen) atoms. The van der Waals surface area contributed by atoms with E-state index >= 15 is 0 Å². The highest BCUT2D eigenvalue weighted by atomic mass is 16.5. The lowest BCUT2D eigenvalue weighted by atomic mass is 10.0. The number of aliphatic imine (C=N–C) groups is 2. The number of nitrogens with zero attached hydrogens (tertiary/aromatic N) is 2. The van der Waals surface area contributed by atoms with Crippen LogP contribution in [0.25, 0.3) is 10.9 Å². The summed E-state index contributed by atoms with van der Waals surface area (Å²) in [6.45, 7) is 3.04. The number of fused-ring (bicyclic) bond motifs is 1. The summed E-state index contributed by atoms with van der Waals surface area (Å²) in [5, 5.41) is 40.1. The minimum absolute atomic E-state index is 0.00469. The first kappa shape index (κ1) is 95.9. The molecule has 0 aliphatic carbocycles. The molecule has 0 spiro atoms. The summed E-state index contributed by atoms with van der Waals surface area (Å²) in [7, 11) is 0. The van der Waals surface area contributed by atoms with E-state index in [1.165, 1.54) is 64.2 Å². The van der Waals surface area contributed by atoms with Crippen LogP contribution in [-0.4, -0.2) is 212 Å². The van der Waals surface area contributed by atoms with Crippen molar-refractivity contribution in [3.63, 3.8) is 0 Å². The largest absolute Gasteiger partial charge is 0.394 e. The summed E-state index contributed by atoms with van der Waals surface area (Å²) in [6.07, 6.45) is 16.6. The van der Waals surface area contributed by atoms with Gasteiger partial charge in [0.15, 0.2) is 11.9 Å². The maximum absolute atomic E-state index is 14.9. The van der Waals surface area contributed by atoms with Crippen LogP contribution >= 0.6 is 0 Å². The monoisotopic (exact) mass is 1600 g/mol. The van der Waals surface area contributed by atoms with Crippen molar-refractivity contribution in [2.45, 2.75) is 254 Å². The van der Waals surface area contributed by atoms with Gasteiger partial charge in [-0.05, 0) is 81.4 Å². The van der Waals surface area contributed by atoms with Crippen LogP contribution in [0.15, 0.2) is 70.8 Å². The number of aromatic nitrogens is 1. The second kappa shape index (κ2) is 55.9. The van der Waals surface area contributed by atoms with Gasteiger partial charge in [-0.15, -0.1) is 0 Å². The minimum atomic E-state index is -1.88. The van der Waals surface area contributed by atoms with Crippen molar-refractivity contribution in [1.29, 1.82) is 0 Å². The number of rotatable bonds is 48. The molecule has 25 N–H and O–H groups in total. The summed E-state index contributed by atoms with van der Waals surface area (Å²) < 4.78 is 11.1. The van der Waals surface area contributed by atoms with Gasteiger partial charge in [0.1, 0.15) is 61.0 Å². The molecule has 1 aliphatic rings. The molecule has 2 aromatic carbocycles. The van der Waals surface area contributed by atoms with Crippen molar-refractivity contribution in [3.05, 3.63) is 71.9 Å². The lowest BCUT2D eigenvalue weighted by molar-refractivity contribution is -0.137. The predicted molar refractivity (Wildman–Crippen MR) is 430 cm³/mol. The maximum Gasteiger partial charge on any atom is 0.246 e. The van der Waals surface area contributed by atoms with Crippen LogP contribution in [0.2, 0.25) is 0 Å². The zero-order valence-electron chi connectivity index (χ0n) is 66.3. The zero-order chi connectivity index (χ0) is 83.4. The van der Waals surface area contributed by atoms with Gasteiger partial charge in [0.25, 0.3) is 0 Å². The van der Waals surface area contributed by atoms with E-state index in [1.807, 2.05) is 12.1 Å². The Balaban J connectivity index is 1.52. The number of aromatic amines is 1.